The van der Waals surface area contributed by atoms with Gasteiger partial charge in [-0.3, -0.25) is 28.8 Å². The van der Waals surface area contributed by atoms with Crippen molar-refractivity contribution in [3.63, 3.8) is 0 Å². The highest BCUT2D eigenvalue weighted by Crippen LogP contribution is 2.33. The summed E-state index contributed by atoms with van der Waals surface area (Å²) in [5.41, 5.74) is 4.80. The number of hydrogen-bond donors (Lipinski definition) is 4. The van der Waals surface area contributed by atoms with Crippen molar-refractivity contribution in [3.05, 3.63) is 140 Å². The lowest BCUT2D eigenvalue weighted by molar-refractivity contribution is -0.127. The Morgan fingerprint density at radius 2 is 0.924 bits per heavy atom. The Kier molecular flexibility index (Phi) is 17.8. The molecule has 0 spiro atoms. The number of azo groups is 2. The number of alkyl halides is 2. The van der Waals surface area contributed by atoms with Crippen LogP contribution in [0.1, 0.15) is 95.3 Å². The molecule has 14 nitrogen and oxygen atoms in total. The predicted octanol–water partition coefficient (Wildman–Crippen LogP) is 12.6. The third-order valence-electron chi connectivity index (χ3n) is 10.1. The number of nitrogens with zero attached hydrogens (tertiary/aromatic N) is 4. The van der Waals surface area contributed by atoms with E-state index in [4.69, 9.17) is 46.4 Å². The van der Waals surface area contributed by atoms with E-state index in [0.717, 1.165) is 11.1 Å². The van der Waals surface area contributed by atoms with Crippen LogP contribution in [0.15, 0.2) is 118 Å². The molecule has 0 aliphatic heterocycles. The summed E-state index contributed by atoms with van der Waals surface area (Å²) < 4.78 is 0. The predicted molar refractivity (Wildman–Crippen MR) is 261 cm³/mol. The number of amides is 4. The highest BCUT2D eigenvalue weighted by Gasteiger charge is 2.27. The number of anilines is 4. The maximum absolute atomic E-state index is 13.7. The number of carbonyl (C=O) groups excluding carboxylic acids is 6. The fraction of sp³-hybridized carbons (Fsp3) is 0.250. The average molecular weight is 973 g/mol. The Morgan fingerprint density at radius 3 is 1.30 bits per heavy atom. The van der Waals surface area contributed by atoms with E-state index in [1.807, 2.05) is 39.8 Å². The second-order valence-electron chi connectivity index (χ2n) is 15.0. The number of rotatable bonds is 18. The topological polar surface area (TPSA) is 200 Å². The minimum absolute atomic E-state index is 0.0469. The number of ketones is 2. The third-order valence-corrected chi connectivity index (χ3v) is 11.4. The second kappa shape index (κ2) is 23.2. The van der Waals surface area contributed by atoms with Crippen LogP contribution < -0.4 is 21.3 Å². The molecule has 18 heteroatoms. The Bertz CT molecular complexity index is 2720. The van der Waals surface area contributed by atoms with Gasteiger partial charge in [-0.1, -0.05) is 73.4 Å². The summed E-state index contributed by atoms with van der Waals surface area (Å²) in [6.07, 6.45) is 0.765. The maximum Gasteiger partial charge on any atom is 0.258 e. The van der Waals surface area contributed by atoms with Gasteiger partial charge in [0, 0.05) is 22.7 Å². The van der Waals surface area contributed by atoms with Crippen LogP contribution in [0.5, 0.6) is 0 Å². The molecule has 0 bridgehead atoms. The number of benzene rings is 5. The van der Waals surface area contributed by atoms with E-state index >= 15 is 0 Å². The summed E-state index contributed by atoms with van der Waals surface area (Å²) in [5.74, 6) is -3.85. The van der Waals surface area contributed by atoms with Gasteiger partial charge in [-0.25, -0.2) is 0 Å². The van der Waals surface area contributed by atoms with Crippen LogP contribution >= 0.6 is 46.4 Å². The molecule has 0 fully saturated rings. The molecule has 0 radical (unpaired) electrons. The molecule has 342 valence electrons. The molecule has 4 amide bonds. The second-order valence-corrected chi connectivity index (χ2v) is 17.0. The van der Waals surface area contributed by atoms with Crippen molar-refractivity contribution in [3.8, 4) is 0 Å². The molecule has 5 aromatic carbocycles. The monoisotopic (exact) mass is 970 g/mol. The fourth-order valence-corrected chi connectivity index (χ4v) is 7.28. The highest BCUT2D eigenvalue weighted by atomic mass is 35.5. The lowest BCUT2D eigenvalue weighted by Crippen LogP contribution is -2.33. The van der Waals surface area contributed by atoms with E-state index in [9.17, 15) is 28.8 Å². The standard InChI is InChI=1S/C48H46Cl4N8O6/c1-7-29-21-35(55-47(65)42(27(5)61)59-57-38-19-11-17-36(40(38)51)45(63)53-33-15-9-13-31(23-33)25(3)49)22-30(8-2)44(29)56-48(66)43(28(6)62)60-58-39-20-12-18-37(41(39)52)46(64)54-34-16-10-14-32(24-34)26(4)50/h9-26,42-43H,7-8H2,1-6H3,(H,53,63)(H,54,64)(H,55,65)(H,56,66). The summed E-state index contributed by atoms with van der Waals surface area (Å²) in [5, 5.41) is 26.7. The summed E-state index contributed by atoms with van der Waals surface area (Å²) in [6, 6.07) is 23.2. The van der Waals surface area contributed by atoms with Gasteiger partial charge in [0.25, 0.3) is 23.6 Å². The van der Waals surface area contributed by atoms with Gasteiger partial charge in [-0.2, -0.15) is 20.5 Å². The number of Topliss-reactive ketones (excluding diaryl/α,β-unsaturated/α-hetero) is 2. The summed E-state index contributed by atoms with van der Waals surface area (Å²) in [4.78, 5) is 79.2. The van der Waals surface area contributed by atoms with Gasteiger partial charge in [0.1, 0.15) is 11.4 Å². The molecule has 66 heavy (non-hydrogen) atoms. The summed E-state index contributed by atoms with van der Waals surface area (Å²) in [6.45, 7) is 9.67. The molecule has 4 N–H and O–H groups in total. The van der Waals surface area contributed by atoms with E-state index < -0.39 is 47.3 Å². The zero-order valence-corrected chi connectivity index (χ0v) is 39.7. The first-order valence-corrected chi connectivity index (χ1v) is 22.3. The van der Waals surface area contributed by atoms with E-state index in [-0.39, 0.29) is 43.3 Å². The molecule has 0 aromatic heterocycles. The largest absolute Gasteiger partial charge is 0.324 e. The van der Waals surface area contributed by atoms with Crippen LogP contribution in [0, 0.1) is 0 Å². The molecule has 0 heterocycles. The molecular weight excluding hydrogens is 926 g/mol. The van der Waals surface area contributed by atoms with Gasteiger partial charge < -0.3 is 21.3 Å². The van der Waals surface area contributed by atoms with E-state index in [0.29, 0.717) is 46.7 Å². The van der Waals surface area contributed by atoms with Gasteiger partial charge in [0.2, 0.25) is 12.1 Å². The minimum Gasteiger partial charge on any atom is -0.324 e. The van der Waals surface area contributed by atoms with Crippen molar-refractivity contribution < 1.29 is 28.8 Å². The SMILES string of the molecule is CCc1cc(NC(=O)C(N=Nc2cccc(C(=O)Nc3cccc(C(C)Cl)c3)c2Cl)C(C)=O)cc(CC)c1NC(=O)C(N=Nc1cccc(C(=O)Nc2cccc(C(C)Cl)c2)c1Cl)C(C)=O. The molecule has 4 unspecified atom stereocenters. The molecule has 0 saturated carbocycles. The first kappa shape index (κ1) is 50.7. The number of aryl methyl sites for hydroxylation is 2. The van der Waals surface area contributed by atoms with Crippen molar-refractivity contribution in [2.75, 3.05) is 21.3 Å². The van der Waals surface area contributed by atoms with Crippen LogP contribution in [0.3, 0.4) is 0 Å². The van der Waals surface area contributed by atoms with Crippen molar-refractivity contribution >= 4 is 116 Å². The molecule has 5 aromatic rings. The Balaban J connectivity index is 1.30. The van der Waals surface area contributed by atoms with Gasteiger partial charge in [0.15, 0.2) is 11.6 Å². The smallest absolute Gasteiger partial charge is 0.258 e. The Labute approximate surface area is 402 Å². The Hall–Kier alpha value is -6.32. The molecule has 0 saturated heterocycles. The first-order chi connectivity index (χ1) is 31.4. The molecular formula is C48H46Cl4N8O6. The molecule has 4 atom stereocenters. The van der Waals surface area contributed by atoms with Crippen molar-refractivity contribution in [1.29, 1.82) is 0 Å². The van der Waals surface area contributed by atoms with Crippen LogP contribution in [0.4, 0.5) is 34.1 Å². The minimum atomic E-state index is -1.59. The van der Waals surface area contributed by atoms with Crippen molar-refractivity contribution in [1.82, 2.24) is 0 Å². The summed E-state index contributed by atoms with van der Waals surface area (Å²) >= 11 is 25.6. The van der Waals surface area contributed by atoms with E-state index in [1.54, 1.807) is 54.6 Å². The van der Waals surface area contributed by atoms with Crippen LogP contribution in [-0.2, 0) is 32.0 Å². The maximum atomic E-state index is 13.7. The molecule has 0 aliphatic rings. The van der Waals surface area contributed by atoms with E-state index in [2.05, 4.69) is 41.7 Å². The van der Waals surface area contributed by atoms with Crippen LogP contribution in [0.2, 0.25) is 10.0 Å². The van der Waals surface area contributed by atoms with Gasteiger partial charge in [0.05, 0.1) is 31.9 Å². The molecule has 5 rings (SSSR count). The third kappa shape index (κ3) is 12.9. The van der Waals surface area contributed by atoms with Crippen molar-refractivity contribution in [2.24, 2.45) is 20.5 Å². The van der Waals surface area contributed by atoms with Crippen LogP contribution in [0.25, 0.3) is 0 Å². The fourth-order valence-electron chi connectivity index (χ4n) is 6.51. The first-order valence-electron chi connectivity index (χ1n) is 20.7. The average Bonchev–Trinajstić information content (AvgIpc) is 3.27. The van der Waals surface area contributed by atoms with E-state index in [1.165, 1.54) is 44.2 Å². The summed E-state index contributed by atoms with van der Waals surface area (Å²) in [7, 11) is 0. The number of carbonyl (C=O) groups is 6. The van der Waals surface area contributed by atoms with Gasteiger partial charge >= 0.3 is 0 Å². The van der Waals surface area contributed by atoms with Gasteiger partial charge in [-0.15, -0.1) is 23.2 Å². The lowest BCUT2D eigenvalue weighted by Gasteiger charge is -2.19. The number of hydrogen-bond acceptors (Lipinski definition) is 10. The lowest BCUT2D eigenvalue weighted by atomic mass is 10.0. The van der Waals surface area contributed by atoms with Crippen molar-refractivity contribution in [2.45, 2.75) is 77.2 Å². The zero-order chi connectivity index (χ0) is 48.2. The van der Waals surface area contributed by atoms with Crippen LogP contribution in [-0.4, -0.2) is 47.3 Å². The normalized spacial score (nSPS) is 13.1. The number of nitrogens with one attached hydrogen (secondary N) is 4. The molecule has 0 aliphatic carbocycles. The number of halogens is 4. The Morgan fingerprint density at radius 1 is 0.530 bits per heavy atom. The van der Waals surface area contributed by atoms with Gasteiger partial charge in [-0.05, 0) is 123 Å². The quantitative estimate of drug-likeness (QED) is 0.0382. The highest BCUT2D eigenvalue weighted by molar-refractivity contribution is 6.37. The zero-order valence-electron chi connectivity index (χ0n) is 36.7.